The van der Waals surface area contributed by atoms with Gasteiger partial charge in [-0.1, -0.05) is 52.4 Å². The summed E-state index contributed by atoms with van der Waals surface area (Å²) in [6.45, 7) is 5.68. The molecule has 0 aliphatic rings. The Morgan fingerprint density at radius 1 is 0.824 bits per heavy atom. The van der Waals surface area contributed by atoms with Crippen molar-refractivity contribution in [2.75, 3.05) is 13.4 Å². The Bertz CT molecular complexity index is 155. The van der Waals surface area contributed by atoms with Crippen molar-refractivity contribution >= 4 is 0 Å². The zero-order valence-corrected chi connectivity index (χ0v) is 11.7. The number of allylic oxidation sites excluding steroid dienone is 1. The lowest BCUT2D eigenvalue weighted by Crippen LogP contribution is -1.97. The lowest BCUT2D eigenvalue weighted by Gasteiger charge is -2.03. The molecular weight excluding hydrogens is 212 g/mol. The first-order valence-electron chi connectivity index (χ1n) is 7.26. The third-order valence-corrected chi connectivity index (χ3v) is 2.71. The normalized spacial score (nSPS) is 11.2. The van der Waals surface area contributed by atoms with E-state index >= 15 is 0 Å². The Morgan fingerprint density at radius 3 is 2.29 bits per heavy atom. The van der Waals surface area contributed by atoms with Crippen LogP contribution in [0.15, 0.2) is 12.3 Å². The lowest BCUT2D eigenvalue weighted by molar-refractivity contribution is -0.0128. The van der Waals surface area contributed by atoms with Gasteiger partial charge in [-0.25, -0.2) is 0 Å². The summed E-state index contributed by atoms with van der Waals surface area (Å²) in [6, 6.07) is 0. The smallest absolute Gasteiger partial charge is 0.188 e. The molecule has 0 saturated heterocycles. The number of rotatable bonds is 13. The fraction of sp³-hybridized carbons (Fsp3) is 0.867. The minimum absolute atomic E-state index is 0.401. The van der Waals surface area contributed by atoms with E-state index < -0.39 is 0 Å². The highest BCUT2D eigenvalue weighted by Gasteiger charge is 1.89. The highest BCUT2D eigenvalue weighted by atomic mass is 16.7. The lowest BCUT2D eigenvalue weighted by atomic mass is 10.2. The molecule has 0 aromatic carbocycles. The predicted molar refractivity (Wildman–Crippen MR) is 73.9 cm³/mol. The van der Waals surface area contributed by atoms with Crippen LogP contribution in [0.4, 0.5) is 0 Å². The molecule has 0 aliphatic heterocycles. The maximum absolute atomic E-state index is 5.37. The molecule has 0 saturated carbocycles. The van der Waals surface area contributed by atoms with Crippen LogP contribution in [0, 0.1) is 0 Å². The molecule has 102 valence electrons. The predicted octanol–water partition coefficient (Wildman–Crippen LogP) is 5.04. The molecule has 0 rings (SSSR count). The molecular formula is C15H30O2. The Balaban J connectivity index is 2.97. The van der Waals surface area contributed by atoms with Gasteiger partial charge in [-0.3, -0.25) is 0 Å². The van der Waals surface area contributed by atoms with E-state index in [1.54, 1.807) is 6.26 Å². The first-order chi connectivity index (χ1) is 8.41. The molecule has 0 atom stereocenters. The summed E-state index contributed by atoms with van der Waals surface area (Å²) in [6.07, 6.45) is 15.2. The summed E-state index contributed by atoms with van der Waals surface area (Å²) in [5.41, 5.74) is 0. The Labute approximate surface area is 107 Å². The molecule has 0 spiro atoms. The quantitative estimate of drug-likeness (QED) is 0.256. The van der Waals surface area contributed by atoms with Crippen LogP contribution in [0.1, 0.15) is 71.6 Å². The number of hydrogen-bond acceptors (Lipinski definition) is 2. The van der Waals surface area contributed by atoms with Gasteiger partial charge in [0.05, 0.1) is 12.9 Å². The topological polar surface area (TPSA) is 18.5 Å². The van der Waals surface area contributed by atoms with E-state index in [1.807, 2.05) is 0 Å². The average molecular weight is 242 g/mol. The van der Waals surface area contributed by atoms with Crippen LogP contribution >= 0.6 is 0 Å². The summed E-state index contributed by atoms with van der Waals surface area (Å²) >= 11 is 0. The molecule has 0 aliphatic carbocycles. The standard InChI is InChI=1S/C15H30O2/c1-3-5-7-9-11-13-16-15-17-14-12-10-8-6-4-2/h11,13H,3-10,12,14-15H2,1-2H3. The highest BCUT2D eigenvalue weighted by molar-refractivity contribution is 4.72. The molecule has 0 bridgehead atoms. The van der Waals surface area contributed by atoms with E-state index in [0.717, 1.165) is 19.4 Å². The van der Waals surface area contributed by atoms with Crippen LogP contribution in [0.5, 0.6) is 0 Å². The molecule has 0 fully saturated rings. The van der Waals surface area contributed by atoms with Crippen LogP contribution in [0.2, 0.25) is 0 Å². The molecule has 0 amide bonds. The minimum Gasteiger partial charge on any atom is -0.475 e. The minimum atomic E-state index is 0.401. The summed E-state index contributed by atoms with van der Waals surface area (Å²) in [4.78, 5) is 0. The fourth-order valence-corrected chi connectivity index (χ4v) is 1.60. The van der Waals surface area contributed by atoms with Gasteiger partial charge in [-0.15, -0.1) is 0 Å². The summed E-state index contributed by atoms with van der Waals surface area (Å²) in [7, 11) is 0. The van der Waals surface area contributed by atoms with Gasteiger partial charge in [0, 0.05) is 0 Å². The molecule has 0 aromatic heterocycles. The van der Waals surface area contributed by atoms with Crippen molar-refractivity contribution in [1.82, 2.24) is 0 Å². The van der Waals surface area contributed by atoms with Crippen molar-refractivity contribution in [2.45, 2.75) is 71.6 Å². The molecule has 0 unspecified atom stereocenters. The second-order valence-corrected chi connectivity index (χ2v) is 4.47. The highest BCUT2D eigenvalue weighted by Crippen LogP contribution is 2.02. The van der Waals surface area contributed by atoms with Crippen molar-refractivity contribution in [2.24, 2.45) is 0 Å². The van der Waals surface area contributed by atoms with Crippen LogP contribution in [0.3, 0.4) is 0 Å². The summed E-state index contributed by atoms with van der Waals surface area (Å²) < 4.78 is 10.6. The summed E-state index contributed by atoms with van der Waals surface area (Å²) in [5, 5.41) is 0. The van der Waals surface area contributed by atoms with E-state index in [4.69, 9.17) is 9.47 Å². The van der Waals surface area contributed by atoms with E-state index in [-0.39, 0.29) is 0 Å². The number of unbranched alkanes of at least 4 members (excludes halogenated alkanes) is 7. The Kier molecular flexibility index (Phi) is 15.0. The van der Waals surface area contributed by atoms with Gasteiger partial charge in [-0.05, 0) is 25.3 Å². The van der Waals surface area contributed by atoms with E-state index in [2.05, 4.69) is 19.9 Å². The van der Waals surface area contributed by atoms with Crippen LogP contribution in [0.25, 0.3) is 0 Å². The van der Waals surface area contributed by atoms with Crippen molar-refractivity contribution in [3.05, 3.63) is 12.3 Å². The van der Waals surface area contributed by atoms with E-state index in [9.17, 15) is 0 Å². The van der Waals surface area contributed by atoms with Crippen LogP contribution in [-0.4, -0.2) is 13.4 Å². The van der Waals surface area contributed by atoms with Crippen molar-refractivity contribution in [3.8, 4) is 0 Å². The average Bonchev–Trinajstić information content (AvgIpc) is 2.35. The summed E-state index contributed by atoms with van der Waals surface area (Å²) in [5.74, 6) is 0. The van der Waals surface area contributed by atoms with Crippen LogP contribution < -0.4 is 0 Å². The molecule has 0 heterocycles. The molecule has 0 aromatic rings. The number of hydrogen-bond donors (Lipinski definition) is 0. The second-order valence-electron chi connectivity index (χ2n) is 4.47. The molecule has 0 radical (unpaired) electrons. The zero-order chi connectivity index (χ0) is 12.6. The van der Waals surface area contributed by atoms with Crippen LogP contribution in [-0.2, 0) is 9.47 Å². The Hall–Kier alpha value is -0.500. The van der Waals surface area contributed by atoms with Gasteiger partial charge in [0.2, 0.25) is 0 Å². The largest absolute Gasteiger partial charge is 0.475 e. The maximum atomic E-state index is 5.37. The van der Waals surface area contributed by atoms with E-state index in [0.29, 0.717) is 6.79 Å². The SMILES string of the molecule is CCCCCC=COCOCCCCCCC. The van der Waals surface area contributed by atoms with Gasteiger partial charge in [0.25, 0.3) is 0 Å². The number of ether oxygens (including phenoxy) is 2. The first kappa shape index (κ1) is 16.5. The molecule has 2 nitrogen and oxygen atoms in total. The van der Waals surface area contributed by atoms with Gasteiger partial charge < -0.3 is 9.47 Å². The fourth-order valence-electron chi connectivity index (χ4n) is 1.60. The van der Waals surface area contributed by atoms with Gasteiger partial charge >= 0.3 is 0 Å². The second kappa shape index (κ2) is 15.5. The third-order valence-electron chi connectivity index (χ3n) is 2.71. The molecule has 2 heteroatoms. The van der Waals surface area contributed by atoms with Crippen molar-refractivity contribution < 1.29 is 9.47 Å². The van der Waals surface area contributed by atoms with E-state index in [1.165, 1.54) is 44.9 Å². The monoisotopic (exact) mass is 242 g/mol. The molecule has 0 N–H and O–H groups in total. The maximum Gasteiger partial charge on any atom is 0.188 e. The van der Waals surface area contributed by atoms with Crippen molar-refractivity contribution in [3.63, 3.8) is 0 Å². The Morgan fingerprint density at radius 2 is 1.53 bits per heavy atom. The molecule has 17 heavy (non-hydrogen) atoms. The van der Waals surface area contributed by atoms with Gasteiger partial charge in [0.15, 0.2) is 6.79 Å². The van der Waals surface area contributed by atoms with Gasteiger partial charge in [0.1, 0.15) is 0 Å². The zero-order valence-electron chi connectivity index (χ0n) is 11.7. The first-order valence-corrected chi connectivity index (χ1v) is 7.26. The third kappa shape index (κ3) is 15.5. The van der Waals surface area contributed by atoms with Gasteiger partial charge in [-0.2, -0.15) is 0 Å². The van der Waals surface area contributed by atoms with Crippen molar-refractivity contribution in [1.29, 1.82) is 0 Å².